The van der Waals surface area contributed by atoms with E-state index in [2.05, 4.69) is 10.3 Å². The topological polar surface area (TPSA) is 130 Å². The van der Waals surface area contributed by atoms with Crippen molar-refractivity contribution < 1.29 is 29.0 Å². The monoisotopic (exact) mass is 524 g/mol. The molecule has 0 aliphatic carbocycles. The third kappa shape index (κ3) is 6.11. The van der Waals surface area contributed by atoms with Crippen LogP contribution in [0.25, 0.3) is 0 Å². The first-order chi connectivity index (χ1) is 17.8. The summed E-state index contributed by atoms with van der Waals surface area (Å²) < 4.78 is 10.8. The second kappa shape index (κ2) is 11.5. The predicted octanol–water partition coefficient (Wildman–Crippen LogP) is 3.22. The molecule has 0 fully saturated rings. The lowest BCUT2D eigenvalue weighted by atomic mass is 9.98. The van der Waals surface area contributed by atoms with Crippen molar-refractivity contribution in [2.45, 2.75) is 44.0 Å². The van der Waals surface area contributed by atoms with E-state index in [9.17, 15) is 14.4 Å². The SMILES string of the molecule is CCOc1ccc(C2=NN(C3=NC(=O)[C@H](CC(=O)N[C@@H](C)C(=O)O)S3)[C@H](c3ccc(OC)cc3)C2)cc1. The first kappa shape index (κ1) is 26.2. The number of aliphatic imine (C=N–C) groups is 1. The molecule has 11 heteroatoms. The Kier molecular flexibility index (Phi) is 8.12. The standard InChI is InChI=1S/C26H28N4O6S/c1-4-36-19-11-5-16(6-12-19)20-13-21(17-7-9-18(35-3)10-8-17)30(29-20)26-28-24(32)22(37-26)14-23(31)27-15(2)25(33)34/h5-12,15,21-22H,4,13-14H2,1-3H3,(H,27,31)(H,33,34)/t15-,21-,22-/m0/s1. The van der Waals surface area contributed by atoms with E-state index in [1.165, 1.54) is 6.92 Å². The average molecular weight is 525 g/mol. The summed E-state index contributed by atoms with van der Waals surface area (Å²) in [5, 5.41) is 17.6. The molecule has 2 amide bonds. The molecule has 2 aliphatic rings. The Balaban J connectivity index is 1.56. The fourth-order valence-corrected chi connectivity index (χ4v) is 5.05. The number of carboxylic acids is 1. The number of hydrogen-bond acceptors (Lipinski definition) is 8. The Labute approximate surface area is 218 Å². The summed E-state index contributed by atoms with van der Waals surface area (Å²) in [7, 11) is 1.60. The number of carbonyl (C=O) groups excluding carboxylic acids is 2. The number of carboxylic acid groups (broad SMARTS) is 1. The van der Waals surface area contributed by atoms with Crippen LogP contribution in [0.15, 0.2) is 58.6 Å². The van der Waals surface area contributed by atoms with E-state index in [0.29, 0.717) is 18.2 Å². The number of aliphatic carboxylic acids is 1. The van der Waals surface area contributed by atoms with Crippen LogP contribution in [-0.4, -0.2) is 63.8 Å². The summed E-state index contributed by atoms with van der Waals surface area (Å²) in [6.45, 7) is 3.87. The van der Waals surface area contributed by atoms with Gasteiger partial charge < -0.3 is 19.9 Å². The van der Waals surface area contributed by atoms with Crippen molar-refractivity contribution in [3.05, 3.63) is 59.7 Å². The van der Waals surface area contributed by atoms with Gasteiger partial charge in [-0.25, -0.2) is 5.01 Å². The molecule has 2 aromatic carbocycles. The normalized spacial score (nSPS) is 19.8. The molecular formula is C26H28N4O6S. The van der Waals surface area contributed by atoms with E-state index in [-0.39, 0.29) is 12.5 Å². The maximum Gasteiger partial charge on any atom is 0.325 e. The highest BCUT2D eigenvalue weighted by atomic mass is 32.2. The minimum atomic E-state index is -1.15. The van der Waals surface area contributed by atoms with Gasteiger partial charge in [-0.05, 0) is 61.4 Å². The molecule has 0 saturated carbocycles. The quantitative estimate of drug-likeness (QED) is 0.512. The van der Waals surface area contributed by atoms with Gasteiger partial charge in [0.2, 0.25) is 5.91 Å². The largest absolute Gasteiger partial charge is 0.497 e. The number of carbonyl (C=O) groups is 3. The molecule has 10 nitrogen and oxygen atoms in total. The van der Waals surface area contributed by atoms with Crippen LogP contribution in [0.5, 0.6) is 11.5 Å². The van der Waals surface area contributed by atoms with Crippen LogP contribution < -0.4 is 14.8 Å². The van der Waals surface area contributed by atoms with Crippen LogP contribution in [-0.2, 0) is 14.4 Å². The van der Waals surface area contributed by atoms with Crippen molar-refractivity contribution in [2.75, 3.05) is 13.7 Å². The van der Waals surface area contributed by atoms with Gasteiger partial charge in [0.15, 0.2) is 5.17 Å². The number of amides is 2. The van der Waals surface area contributed by atoms with Gasteiger partial charge in [-0.2, -0.15) is 10.1 Å². The molecule has 2 N–H and O–H groups in total. The van der Waals surface area contributed by atoms with Crippen molar-refractivity contribution >= 4 is 40.4 Å². The minimum absolute atomic E-state index is 0.176. The molecular weight excluding hydrogens is 496 g/mol. The van der Waals surface area contributed by atoms with Gasteiger partial charge in [0, 0.05) is 12.8 Å². The zero-order valence-corrected chi connectivity index (χ0v) is 21.5. The number of nitrogens with zero attached hydrogens (tertiary/aromatic N) is 3. The molecule has 0 spiro atoms. The molecule has 2 aliphatic heterocycles. The molecule has 2 heterocycles. The molecule has 2 aromatic rings. The van der Waals surface area contributed by atoms with Crippen molar-refractivity contribution in [2.24, 2.45) is 10.1 Å². The highest BCUT2D eigenvalue weighted by molar-refractivity contribution is 8.15. The number of hydrazone groups is 1. The number of rotatable bonds is 9. The van der Waals surface area contributed by atoms with E-state index >= 15 is 0 Å². The molecule has 3 atom stereocenters. The van der Waals surface area contributed by atoms with Gasteiger partial charge in [0.05, 0.1) is 25.5 Å². The molecule has 0 radical (unpaired) electrons. The number of methoxy groups -OCH3 is 1. The van der Waals surface area contributed by atoms with E-state index in [0.717, 1.165) is 40.1 Å². The first-order valence-electron chi connectivity index (χ1n) is 11.8. The lowest BCUT2D eigenvalue weighted by molar-refractivity contribution is -0.141. The highest BCUT2D eigenvalue weighted by Crippen LogP contribution is 2.39. The second-order valence-corrected chi connectivity index (χ2v) is 9.68. The number of nitrogens with one attached hydrogen (secondary N) is 1. The molecule has 0 aromatic heterocycles. The van der Waals surface area contributed by atoms with Crippen molar-refractivity contribution in [1.82, 2.24) is 10.3 Å². The third-order valence-electron chi connectivity index (χ3n) is 5.95. The molecule has 4 rings (SSSR count). The smallest absolute Gasteiger partial charge is 0.325 e. The highest BCUT2D eigenvalue weighted by Gasteiger charge is 2.39. The minimum Gasteiger partial charge on any atom is -0.497 e. The molecule has 194 valence electrons. The lowest BCUT2D eigenvalue weighted by Gasteiger charge is -2.23. The molecule has 37 heavy (non-hydrogen) atoms. The summed E-state index contributed by atoms with van der Waals surface area (Å²) in [6.07, 6.45) is 0.403. The lowest BCUT2D eigenvalue weighted by Crippen LogP contribution is -2.39. The number of amidine groups is 1. The number of hydrogen-bond donors (Lipinski definition) is 2. The summed E-state index contributed by atoms with van der Waals surface area (Å²) in [5.74, 6) is -0.620. The van der Waals surface area contributed by atoms with Crippen molar-refractivity contribution in [1.29, 1.82) is 0 Å². The van der Waals surface area contributed by atoms with E-state index in [1.54, 1.807) is 12.1 Å². The van der Waals surface area contributed by atoms with E-state index in [1.807, 2.05) is 55.5 Å². The van der Waals surface area contributed by atoms with Crippen LogP contribution >= 0.6 is 11.8 Å². The number of ether oxygens (including phenoxy) is 2. The number of benzene rings is 2. The fraction of sp³-hybridized carbons (Fsp3) is 0.346. The van der Waals surface area contributed by atoms with Crippen LogP contribution in [0.4, 0.5) is 0 Å². The maximum atomic E-state index is 12.7. The molecule has 0 saturated heterocycles. The Morgan fingerprint density at radius 1 is 1.16 bits per heavy atom. The first-order valence-corrected chi connectivity index (χ1v) is 12.7. The third-order valence-corrected chi connectivity index (χ3v) is 7.10. The Bertz CT molecular complexity index is 1230. The summed E-state index contributed by atoms with van der Waals surface area (Å²) >= 11 is 1.16. The van der Waals surface area contributed by atoms with Gasteiger partial charge in [-0.1, -0.05) is 23.9 Å². The predicted molar refractivity (Wildman–Crippen MR) is 140 cm³/mol. The van der Waals surface area contributed by atoms with Gasteiger partial charge in [-0.3, -0.25) is 14.4 Å². The zero-order valence-electron chi connectivity index (χ0n) is 20.7. The van der Waals surface area contributed by atoms with Crippen molar-refractivity contribution in [3.8, 4) is 11.5 Å². The summed E-state index contributed by atoms with van der Waals surface area (Å²) in [4.78, 5) is 40.2. The Morgan fingerprint density at radius 2 is 1.84 bits per heavy atom. The molecule has 0 bridgehead atoms. The summed E-state index contributed by atoms with van der Waals surface area (Å²) in [5.41, 5.74) is 2.73. The van der Waals surface area contributed by atoms with Gasteiger partial charge in [0.25, 0.3) is 5.91 Å². The Hall–Kier alpha value is -3.86. The molecule has 0 unspecified atom stereocenters. The van der Waals surface area contributed by atoms with Crippen LogP contribution in [0.2, 0.25) is 0 Å². The second-order valence-electron chi connectivity index (χ2n) is 8.51. The van der Waals surface area contributed by atoms with Crippen LogP contribution in [0, 0.1) is 0 Å². The van der Waals surface area contributed by atoms with Gasteiger partial charge >= 0.3 is 5.97 Å². The van der Waals surface area contributed by atoms with Crippen molar-refractivity contribution in [3.63, 3.8) is 0 Å². The maximum absolute atomic E-state index is 12.7. The summed E-state index contributed by atoms with van der Waals surface area (Å²) in [6, 6.07) is 14.1. The van der Waals surface area contributed by atoms with Crippen LogP contribution in [0.1, 0.15) is 43.9 Å². The zero-order chi connectivity index (χ0) is 26.5. The van der Waals surface area contributed by atoms with Crippen LogP contribution in [0.3, 0.4) is 0 Å². The van der Waals surface area contributed by atoms with Gasteiger partial charge in [-0.15, -0.1) is 0 Å². The van der Waals surface area contributed by atoms with E-state index < -0.39 is 29.1 Å². The van der Waals surface area contributed by atoms with E-state index in [4.69, 9.17) is 19.7 Å². The van der Waals surface area contributed by atoms with Gasteiger partial charge in [0.1, 0.15) is 22.8 Å². The number of thioether (sulfide) groups is 1. The Morgan fingerprint density at radius 3 is 2.46 bits per heavy atom. The fourth-order valence-electron chi connectivity index (χ4n) is 3.99. The average Bonchev–Trinajstić information content (AvgIpc) is 3.48.